The van der Waals surface area contributed by atoms with Gasteiger partial charge in [0.1, 0.15) is 24.1 Å². The number of benzene rings is 2. The van der Waals surface area contributed by atoms with Crippen LogP contribution in [0.4, 0.5) is 0 Å². The number of rotatable bonds is 19. The zero-order valence-electron chi connectivity index (χ0n) is 27.1. The van der Waals surface area contributed by atoms with E-state index >= 15 is 0 Å². The lowest BCUT2D eigenvalue weighted by molar-refractivity contribution is -0.157. The van der Waals surface area contributed by atoms with Crippen molar-refractivity contribution in [2.45, 2.75) is 92.6 Å². The number of thioether (sulfide) groups is 1. The first-order valence-corrected chi connectivity index (χ1v) is 17.8. The molecule has 1 amide bonds. The van der Waals surface area contributed by atoms with Crippen molar-refractivity contribution in [2.24, 2.45) is 0 Å². The van der Waals surface area contributed by atoms with Crippen LogP contribution in [0, 0.1) is 0 Å². The number of carbonyl (C=O) groups excluding carboxylic acids is 1. The van der Waals surface area contributed by atoms with Crippen LogP contribution in [0.15, 0.2) is 65.8 Å². The molecular formula is C36H45ClN2O8S. The molecule has 4 atom stereocenters. The van der Waals surface area contributed by atoms with E-state index < -0.39 is 42.5 Å². The van der Waals surface area contributed by atoms with E-state index in [0.29, 0.717) is 30.7 Å². The highest BCUT2D eigenvalue weighted by Gasteiger charge is 2.48. The predicted molar refractivity (Wildman–Crippen MR) is 184 cm³/mol. The van der Waals surface area contributed by atoms with Gasteiger partial charge in [-0.1, -0.05) is 36.2 Å². The van der Waals surface area contributed by atoms with Crippen molar-refractivity contribution in [3.05, 3.63) is 77.1 Å². The van der Waals surface area contributed by atoms with Gasteiger partial charge in [0, 0.05) is 47.0 Å². The topological polar surface area (TPSA) is 153 Å². The van der Waals surface area contributed by atoms with Crippen LogP contribution in [-0.2, 0) is 21.7 Å². The lowest BCUT2D eigenvalue weighted by atomic mass is 9.96. The minimum absolute atomic E-state index is 0.297. The van der Waals surface area contributed by atoms with Crippen LogP contribution in [0.2, 0.25) is 5.02 Å². The van der Waals surface area contributed by atoms with E-state index in [0.717, 1.165) is 77.2 Å². The fourth-order valence-corrected chi connectivity index (χ4v) is 6.69. The van der Waals surface area contributed by atoms with Gasteiger partial charge in [-0.25, -0.2) is 0 Å². The molecule has 12 heteroatoms. The largest absolute Gasteiger partial charge is 0.490 e. The van der Waals surface area contributed by atoms with Gasteiger partial charge in [0.25, 0.3) is 5.91 Å². The van der Waals surface area contributed by atoms with Crippen LogP contribution in [0.3, 0.4) is 0 Å². The number of nitrogens with zero attached hydrogens (tertiary/aromatic N) is 2. The van der Waals surface area contributed by atoms with E-state index in [-0.39, 0.29) is 0 Å². The minimum atomic E-state index is -1.91. The van der Waals surface area contributed by atoms with E-state index in [1.165, 1.54) is 11.9 Å². The third kappa shape index (κ3) is 9.28. The minimum Gasteiger partial charge on any atom is -0.490 e. The van der Waals surface area contributed by atoms with Gasteiger partial charge in [0.2, 0.25) is 0 Å². The van der Waals surface area contributed by atoms with Gasteiger partial charge in [-0.05, 0) is 85.7 Å². The molecule has 10 nitrogen and oxygen atoms in total. The van der Waals surface area contributed by atoms with Gasteiger partial charge < -0.3 is 39.9 Å². The van der Waals surface area contributed by atoms with Gasteiger partial charge >= 0.3 is 0 Å². The third-order valence-corrected chi connectivity index (χ3v) is 10.3. The molecule has 3 aromatic rings. The zero-order chi connectivity index (χ0) is 34.3. The van der Waals surface area contributed by atoms with Crippen molar-refractivity contribution >= 4 is 29.3 Å². The number of aliphatic hydroxyl groups is 5. The summed E-state index contributed by atoms with van der Waals surface area (Å²) in [4.78, 5) is 19.2. The maximum absolute atomic E-state index is 12.4. The molecule has 1 aromatic heterocycles. The molecule has 2 aliphatic carbocycles. The van der Waals surface area contributed by atoms with Gasteiger partial charge in [0.05, 0.1) is 24.9 Å². The van der Waals surface area contributed by atoms with E-state index in [1.54, 1.807) is 11.8 Å². The summed E-state index contributed by atoms with van der Waals surface area (Å²) >= 11 is 8.33. The van der Waals surface area contributed by atoms with E-state index in [2.05, 4.69) is 17.1 Å². The molecule has 0 bridgehead atoms. The highest BCUT2D eigenvalue weighted by atomic mass is 35.5. The third-order valence-electron chi connectivity index (χ3n) is 8.82. The number of carbonyl (C=O) groups is 1. The lowest BCUT2D eigenvalue weighted by Crippen LogP contribution is -2.52. The smallest absolute Gasteiger partial charge is 0.253 e. The van der Waals surface area contributed by atoms with Gasteiger partial charge in [-0.15, -0.1) is 11.8 Å². The van der Waals surface area contributed by atoms with Crippen molar-refractivity contribution in [1.82, 2.24) is 9.88 Å². The Balaban J connectivity index is 1.10. The van der Waals surface area contributed by atoms with E-state index in [9.17, 15) is 25.2 Å². The fourth-order valence-electron chi connectivity index (χ4n) is 5.54. The van der Waals surface area contributed by atoms with Crippen molar-refractivity contribution in [2.75, 3.05) is 26.0 Å². The summed E-state index contributed by atoms with van der Waals surface area (Å²) in [5.74, 6) is 0.983. The standard InChI is InChI=1S/C36H45ClN2O8S/c1-39(35(45)34(44)33(43)32(42)30(41)21-40)17-5-2-6-18-48-25-11-12-29(37)23(19-25)22-46-36(14-15-36)28-20-38-16-13-26(28)27-7-3-4-8-31(27)47-24-9-10-24/h3-4,7-8,11-13,16,19-20,24,30,32-34,40-44H,2,5-6,9-10,14-15,17-18,21-22H2,1H3/t30-,32+,33-,34-/m0/s1. The normalized spacial score (nSPS) is 17.7. The first kappa shape index (κ1) is 36.5. The number of pyridine rings is 1. The number of ether oxygens (including phenoxy) is 2. The number of aromatic nitrogens is 1. The van der Waals surface area contributed by atoms with Crippen molar-refractivity contribution in [3.8, 4) is 16.9 Å². The second kappa shape index (κ2) is 16.8. The molecule has 0 saturated heterocycles. The van der Waals surface area contributed by atoms with Crippen molar-refractivity contribution < 1.29 is 39.8 Å². The molecule has 260 valence electrons. The Bertz CT molecular complexity index is 1520. The van der Waals surface area contributed by atoms with Crippen LogP contribution in [0.25, 0.3) is 11.1 Å². The summed E-state index contributed by atoms with van der Waals surface area (Å²) < 4.78 is 12.9. The number of likely N-dealkylation sites (N-methyl/N-ethyl adjacent to an activating group) is 1. The molecule has 1 heterocycles. The SMILES string of the molecule is CN(CCCCCSc1ccc(Cl)c(COC2(c3cnccc3-c3ccccc3OC3CC3)CC2)c1)C(=O)[C@@H](O)[C@@H](O)[C@H](O)[C@@H](O)CO. The number of hydrogen-bond donors (Lipinski definition) is 5. The molecule has 5 N–H and O–H groups in total. The summed E-state index contributed by atoms with van der Waals surface area (Å²) in [7, 11) is 1.50. The van der Waals surface area contributed by atoms with Crippen LogP contribution in [0.5, 0.6) is 5.75 Å². The predicted octanol–water partition coefficient (Wildman–Crippen LogP) is 4.31. The maximum atomic E-state index is 12.4. The summed E-state index contributed by atoms with van der Waals surface area (Å²) in [6, 6.07) is 16.2. The molecule has 5 rings (SSSR count). The Kier molecular flexibility index (Phi) is 12.8. The molecule has 2 aliphatic rings. The average Bonchev–Trinajstić information content (AvgIpc) is 4.06. The Labute approximate surface area is 290 Å². The number of hydrogen-bond acceptors (Lipinski definition) is 10. The number of halogens is 1. The van der Waals surface area contributed by atoms with Crippen LogP contribution in [-0.4, -0.2) is 97.8 Å². The number of aliphatic hydroxyl groups excluding tert-OH is 5. The maximum Gasteiger partial charge on any atom is 0.253 e. The van der Waals surface area contributed by atoms with Gasteiger partial charge in [-0.2, -0.15) is 0 Å². The van der Waals surface area contributed by atoms with Crippen LogP contribution >= 0.6 is 23.4 Å². The molecule has 2 fully saturated rings. The Morgan fingerprint density at radius 3 is 2.54 bits per heavy atom. The molecule has 48 heavy (non-hydrogen) atoms. The average molecular weight is 701 g/mol. The summed E-state index contributed by atoms with van der Waals surface area (Å²) in [6.07, 6.45) is 3.10. The van der Waals surface area contributed by atoms with E-state index in [1.807, 2.05) is 48.8 Å². The van der Waals surface area contributed by atoms with E-state index in [4.69, 9.17) is 26.2 Å². The highest BCUT2D eigenvalue weighted by Crippen LogP contribution is 2.53. The van der Waals surface area contributed by atoms with Gasteiger partial charge in [-0.3, -0.25) is 9.78 Å². The molecule has 0 radical (unpaired) electrons. The molecule has 0 spiro atoms. The molecule has 2 aromatic carbocycles. The number of unbranched alkanes of at least 4 members (excludes halogenated alkanes) is 2. The zero-order valence-corrected chi connectivity index (χ0v) is 28.7. The first-order chi connectivity index (χ1) is 23.1. The lowest BCUT2D eigenvalue weighted by Gasteiger charge is -2.28. The molecular weight excluding hydrogens is 656 g/mol. The summed E-state index contributed by atoms with van der Waals surface area (Å²) in [5, 5.41) is 48.9. The fraction of sp³-hybridized carbons (Fsp3) is 0.500. The highest BCUT2D eigenvalue weighted by molar-refractivity contribution is 7.99. The Hall–Kier alpha value is -2.74. The number of para-hydroxylation sites is 1. The monoisotopic (exact) mass is 700 g/mol. The second-order valence-corrected chi connectivity index (χ2v) is 14.2. The summed E-state index contributed by atoms with van der Waals surface area (Å²) in [5.41, 5.74) is 3.70. The van der Waals surface area contributed by atoms with Gasteiger partial charge in [0.15, 0.2) is 6.10 Å². The molecule has 0 unspecified atom stereocenters. The second-order valence-electron chi connectivity index (χ2n) is 12.6. The van der Waals surface area contributed by atoms with Crippen molar-refractivity contribution in [3.63, 3.8) is 0 Å². The Morgan fingerprint density at radius 2 is 1.81 bits per heavy atom. The molecule has 2 saturated carbocycles. The van der Waals surface area contributed by atoms with Crippen LogP contribution in [0.1, 0.15) is 56.1 Å². The van der Waals surface area contributed by atoms with Crippen molar-refractivity contribution in [1.29, 1.82) is 0 Å². The number of amides is 1. The Morgan fingerprint density at radius 1 is 1.04 bits per heavy atom. The summed E-state index contributed by atoms with van der Waals surface area (Å²) in [6.45, 7) is -0.0785. The molecule has 0 aliphatic heterocycles. The first-order valence-electron chi connectivity index (χ1n) is 16.5. The van der Waals surface area contributed by atoms with Crippen LogP contribution < -0.4 is 4.74 Å². The quantitative estimate of drug-likeness (QED) is 0.0904.